The Morgan fingerprint density at radius 2 is 2.30 bits per heavy atom. The number of nitrogens with two attached hydrogens (primary N) is 1. The van der Waals surface area contributed by atoms with E-state index in [9.17, 15) is 9.18 Å². The first-order valence-electron chi connectivity index (χ1n) is 5.92. The summed E-state index contributed by atoms with van der Waals surface area (Å²) in [4.78, 5) is 15.5. The van der Waals surface area contributed by atoms with E-state index in [2.05, 4.69) is 15.0 Å². The number of ether oxygens (including phenoxy) is 1. The van der Waals surface area contributed by atoms with Crippen LogP contribution >= 0.6 is 0 Å². The van der Waals surface area contributed by atoms with Crippen molar-refractivity contribution in [3.05, 3.63) is 53.6 Å². The third-order valence-corrected chi connectivity index (χ3v) is 2.75. The number of methoxy groups -OCH3 is 1. The van der Waals surface area contributed by atoms with Gasteiger partial charge >= 0.3 is 5.97 Å². The molecule has 0 aliphatic carbocycles. The molecule has 1 aromatic carbocycles. The van der Waals surface area contributed by atoms with Crippen LogP contribution in [0.15, 0.2) is 36.7 Å². The molecule has 20 heavy (non-hydrogen) atoms. The van der Waals surface area contributed by atoms with E-state index in [0.717, 1.165) is 11.6 Å². The van der Waals surface area contributed by atoms with Gasteiger partial charge in [0.25, 0.3) is 0 Å². The Labute approximate surface area is 115 Å². The number of nitrogen functional groups attached to an aromatic ring is 1. The summed E-state index contributed by atoms with van der Waals surface area (Å²) in [5.41, 5.74) is 6.84. The minimum absolute atomic E-state index is 0.0428. The monoisotopic (exact) mass is 275 g/mol. The number of nitrogens with zero attached hydrogens (tertiary/aromatic N) is 1. The minimum Gasteiger partial charge on any atom is -0.465 e. The highest BCUT2D eigenvalue weighted by Crippen LogP contribution is 2.23. The highest BCUT2D eigenvalue weighted by Gasteiger charge is 2.14. The summed E-state index contributed by atoms with van der Waals surface area (Å²) < 4.78 is 18.4. The number of halogens is 1. The number of aromatic nitrogens is 1. The Hall–Kier alpha value is -2.63. The van der Waals surface area contributed by atoms with Crippen LogP contribution in [0.2, 0.25) is 0 Å². The predicted molar refractivity (Wildman–Crippen MR) is 73.7 cm³/mol. The molecule has 3 N–H and O–H groups in total. The number of hydrogen-bond acceptors (Lipinski definition) is 5. The summed E-state index contributed by atoms with van der Waals surface area (Å²) in [5.74, 6) is -1.13. The third kappa shape index (κ3) is 3.03. The first-order chi connectivity index (χ1) is 9.61. The molecule has 2 rings (SSSR count). The van der Waals surface area contributed by atoms with Gasteiger partial charge < -0.3 is 15.8 Å². The molecule has 0 bridgehead atoms. The van der Waals surface area contributed by atoms with Crippen molar-refractivity contribution in [2.45, 2.75) is 6.54 Å². The highest BCUT2D eigenvalue weighted by molar-refractivity contribution is 5.96. The molecule has 0 spiro atoms. The third-order valence-electron chi connectivity index (χ3n) is 2.75. The minimum atomic E-state index is -0.605. The Morgan fingerprint density at radius 1 is 1.50 bits per heavy atom. The lowest BCUT2D eigenvalue weighted by molar-refractivity contribution is 0.0602. The fraction of sp³-hybridized carbons (Fsp3) is 0.143. The average Bonchev–Trinajstić information content (AvgIpc) is 2.46. The quantitative estimate of drug-likeness (QED) is 0.660. The standard InChI is InChI=1S/C14H14FN3O2/c1-20-14(19)10-5-13(11(15)6-12(10)16)18-8-9-3-2-4-17-7-9/h2-7,18H,8,16H2,1H3. The number of benzene rings is 1. The second kappa shape index (κ2) is 6.01. The van der Waals surface area contributed by atoms with Crippen LogP contribution in [-0.2, 0) is 11.3 Å². The van der Waals surface area contributed by atoms with Gasteiger partial charge in [-0.1, -0.05) is 6.07 Å². The van der Waals surface area contributed by atoms with Crippen LogP contribution in [0.3, 0.4) is 0 Å². The van der Waals surface area contributed by atoms with Gasteiger partial charge in [0.05, 0.1) is 18.4 Å². The van der Waals surface area contributed by atoms with E-state index >= 15 is 0 Å². The molecular formula is C14H14FN3O2. The SMILES string of the molecule is COC(=O)c1cc(NCc2cccnc2)c(F)cc1N. The number of anilines is 2. The molecule has 0 saturated heterocycles. The number of carbonyl (C=O) groups excluding carboxylic acids is 1. The first kappa shape index (κ1) is 13.8. The zero-order chi connectivity index (χ0) is 14.5. The molecule has 0 saturated carbocycles. The number of nitrogens with one attached hydrogen (secondary N) is 1. The molecule has 1 heterocycles. The van der Waals surface area contributed by atoms with Crippen molar-refractivity contribution >= 4 is 17.3 Å². The molecule has 5 nitrogen and oxygen atoms in total. The molecule has 0 amide bonds. The maximum Gasteiger partial charge on any atom is 0.340 e. The Kier molecular flexibility index (Phi) is 4.14. The average molecular weight is 275 g/mol. The van der Waals surface area contributed by atoms with Gasteiger partial charge in [-0.05, 0) is 23.8 Å². The summed E-state index contributed by atoms with van der Waals surface area (Å²) >= 11 is 0. The molecule has 0 aliphatic heterocycles. The molecule has 0 unspecified atom stereocenters. The first-order valence-corrected chi connectivity index (χ1v) is 5.92. The van der Waals surface area contributed by atoms with Gasteiger partial charge in [-0.2, -0.15) is 0 Å². The molecule has 2 aromatic rings. The van der Waals surface area contributed by atoms with E-state index in [-0.39, 0.29) is 16.9 Å². The van der Waals surface area contributed by atoms with Gasteiger partial charge in [-0.15, -0.1) is 0 Å². The largest absolute Gasteiger partial charge is 0.465 e. The van der Waals surface area contributed by atoms with Gasteiger partial charge in [0.2, 0.25) is 0 Å². The summed E-state index contributed by atoms with van der Waals surface area (Å²) in [6.07, 6.45) is 3.33. The summed E-state index contributed by atoms with van der Waals surface area (Å²) in [5, 5.41) is 2.90. The maximum absolute atomic E-state index is 13.8. The van der Waals surface area contributed by atoms with Crippen molar-refractivity contribution in [2.75, 3.05) is 18.2 Å². The maximum atomic E-state index is 13.8. The molecule has 0 aliphatic rings. The molecule has 6 heteroatoms. The van der Waals surface area contributed by atoms with Crippen LogP contribution in [0, 0.1) is 5.82 Å². The number of pyridine rings is 1. The van der Waals surface area contributed by atoms with E-state index in [1.807, 2.05) is 6.07 Å². The van der Waals surface area contributed by atoms with Gasteiger partial charge in [-0.25, -0.2) is 9.18 Å². The molecule has 104 valence electrons. The van der Waals surface area contributed by atoms with E-state index in [4.69, 9.17) is 5.73 Å². The van der Waals surface area contributed by atoms with Crippen molar-refractivity contribution in [2.24, 2.45) is 0 Å². The zero-order valence-electron chi connectivity index (χ0n) is 10.9. The molecule has 1 aromatic heterocycles. The van der Waals surface area contributed by atoms with E-state index in [1.54, 1.807) is 18.5 Å². The van der Waals surface area contributed by atoms with E-state index < -0.39 is 11.8 Å². The molecular weight excluding hydrogens is 261 g/mol. The van der Waals surface area contributed by atoms with Gasteiger partial charge in [0.1, 0.15) is 5.82 Å². The Balaban J connectivity index is 2.21. The van der Waals surface area contributed by atoms with Crippen molar-refractivity contribution in [1.82, 2.24) is 4.98 Å². The number of esters is 1. The summed E-state index contributed by atoms with van der Waals surface area (Å²) in [6.45, 7) is 0.384. The lowest BCUT2D eigenvalue weighted by Crippen LogP contribution is -2.09. The zero-order valence-corrected chi connectivity index (χ0v) is 10.9. The van der Waals surface area contributed by atoms with Crippen LogP contribution < -0.4 is 11.1 Å². The second-order valence-electron chi connectivity index (χ2n) is 4.13. The van der Waals surface area contributed by atoms with Crippen LogP contribution in [-0.4, -0.2) is 18.1 Å². The normalized spacial score (nSPS) is 10.1. The lowest BCUT2D eigenvalue weighted by Gasteiger charge is -2.11. The van der Waals surface area contributed by atoms with Crippen molar-refractivity contribution in [3.63, 3.8) is 0 Å². The summed E-state index contributed by atoms with van der Waals surface area (Å²) in [6, 6.07) is 6.08. The van der Waals surface area contributed by atoms with Crippen molar-refractivity contribution < 1.29 is 13.9 Å². The summed E-state index contributed by atoms with van der Waals surface area (Å²) in [7, 11) is 1.24. The van der Waals surface area contributed by atoms with Crippen LogP contribution in [0.4, 0.5) is 15.8 Å². The molecule has 0 fully saturated rings. The number of carbonyl (C=O) groups is 1. The fourth-order valence-corrected chi connectivity index (χ4v) is 1.71. The smallest absolute Gasteiger partial charge is 0.340 e. The topological polar surface area (TPSA) is 77.2 Å². The second-order valence-corrected chi connectivity index (χ2v) is 4.13. The fourth-order valence-electron chi connectivity index (χ4n) is 1.71. The Morgan fingerprint density at radius 3 is 2.95 bits per heavy atom. The van der Waals surface area contributed by atoms with Gasteiger partial charge in [0.15, 0.2) is 0 Å². The molecule has 0 radical (unpaired) electrons. The predicted octanol–water partition coefficient (Wildman–Crippen LogP) is 2.20. The molecule has 0 atom stereocenters. The van der Waals surface area contributed by atoms with Crippen LogP contribution in [0.25, 0.3) is 0 Å². The van der Waals surface area contributed by atoms with Gasteiger partial charge in [0, 0.05) is 24.6 Å². The Bertz CT molecular complexity index is 617. The number of rotatable bonds is 4. The van der Waals surface area contributed by atoms with Crippen LogP contribution in [0.1, 0.15) is 15.9 Å². The van der Waals surface area contributed by atoms with E-state index in [0.29, 0.717) is 6.54 Å². The highest BCUT2D eigenvalue weighted by atomic mass is 19.1. The van der Waals surface area contributed by atoms with Crippen molar-refractivity contribution in [3.8, 4) is 0 Å². The lowest BCUT2D eigenvalue weighted by atomic mass is 10.1. The number of hydrogen-bond donors (Lipinski definition) is 2. The van der Waals surface area contributed by atoms with E-state index in [1.165, 1.54) is 13.2 Å². The van der Waals surface area contributed by atoms with Gasteiger partial charge in [-0.3, -0.25) is 4.98 Å². The van der Waals surface area contributed by atoms with Crippen molar-refractivity contribution in [1.29, 1.82) is 0 Å². The van der Waals surface area contributed by atoms with Crippen LogP contribution in [0.5, 0.6) is 0 Å².